The Bertz CT molecular complexity index is 701. The standard InChI is InChI=1S/C13H9Br2F2NO2/c14-9-3-4-11(18(13(9)20)6-12(16)17)8-2-1-7(19)5-10(8)15/h1-5,12,19H,6H2. The first-order valence-corrected chi connectivity index (χ1v) is 7.15. The van der Waals surface area contributed by atoms with Gasteiger partial charge in [-0.15, -0.1) is 0 Å². The van der Waals surface area contributed by atoms with Gasteiger partial charge in [0, 0.05) is 10.0 Å². The predicted molar refractivity (Wildman–Crippen MR) is 79.2 cm³/mol. The summed E-state index contributed by atoms with van der Waals surface area (Å²) in [5.41, 5.74) is 0.376. The summed E-state index contributed by atoms with van der Waals surface area (Å²) in [4.78, 5) is 12.0. The molecular weight excluding hydrogens is 400 g/mol. The number of pyridine rings is 1. The second-order valence-electron chi connectivity index (χ2n) is 4.04. The molecule has 0 aliphatic carbocycles. The molecule has 0 radical (unpaired) electrons. The number of benzene rings is 1. The molecule has 0 amide bonds. The highest BCUT2D eigenvalue weighted by atomic mass is 79.9. The maximum absolute atomic E-state index is 12.7. The van der Waals surface area contributed by atoms with Crippen molar-refractivity contribution in [2.24, 2.45) is 0 Å². The lowest BCUT2D eigenvalue weighted by molar-refractivity contribution is 0.126. The average Bonchev–Trinajstić information content (AvgIpc) is 2.36. The van der Waals surface area contributed by atoms with Crippen molar-refractivity contribution in [1.82, 2.24) is 4.57 Å². The number of alkyl halides is 2. The Labute approximate surface area is 130 Å². The zero-order chi connectivity index (χ0) is 14.9. The van der Waals surface area contributed by atoms with E-state index in [-0.39, 0.29) is 10.2 Å². The fourth-order valence-corrected chi connectivity index (χ4v) is 2.73. The van der Waals surface area contributed by atoms with E-state index in [2.05, 4.69) is 31.9 Å². The zero-order valence-electron chi connectivity index (χ0n) is 9.99. The third-order valence-corrected chi connectivity index (χ3v) is 3.94. The lowest BCUT2D eigenvalue weighted by atomic mass is 10.1. The molecule has 0 fully saturated rings. The molecule has 0 aliphatic heterocycles. The van der Waals surface area contributed by atoms with E-state index in [9.17, 15) is 18.7 Å². The lowest BCUT2D eigenvalue weighted by Crippen LogP contribution is -2.25. The molecular formula is C13H9Br2F2NO2. The fraction of sp³-hybridized carbons (Fsp3) is 0.154. The Morgan fingerprint density at radius 2 is 1.85 bits per heavy atom. The van der Waals surface area contributed by atoms with Crippen molar-refractivity contribution in [3.63, 3.8) is 0 Å². The molecule has 2 rings (SSSR count). The summed E-state index contributed by atoms with van der Waals surface area (Å²) >= 11 is 6.30. The summed E-state index contributed by atoms with van der Waals surface area (Å²) in [6.45, 7) is -0.694. The van der Waals surface area contributed by atoms with Gasteiger partial charge in [0.25, 0.3) is 12.0 Å². The lowest BCUT2D eigenvalue weighted by Gasteiger charge is -2.14. The number of phenols is 1. The van der Waals surface area contributed by atoms with Gasteiger partial charge in [-0.1, -0.05) is 0 Å². The molecule has 0 atom stereocenters. The molecule has 1 aromatic heterocycles. The molecule has 1 N–H and O–H groups in total. The number of halogens is 4. The van der Waals surface area contributed by atoms with Crippen LogP contribution >= 0.6 is 31.9 Å². The molecule has 20 heavy (non-hydrogen) atoms. The van der Waals surface area contributed by atoms with Crippen LogP contribution in [0.15, 0.2) is 44.1 Å². The Hall–Kier alpha value is -1.21. The van der Waals surface area contributed by atoms with Gasteiger partial charge in [0.15, 0.2) is 0 Å². The third kappa shape index (κ3) is 3.09. The maximum atomic E-state index is 12.7. The molecule has 0 bridgehead atoms. The van der Waals surface area contributed by atoms with Gasteiger partial charge in [-0.05, 0) is 62.2 Å². The molecule has 3 nitrogen and oxygen atoms in total. The third-order valence-electron chi connectivity index (χ3n) is 2.68. The monoisotopic (exact) mass is 407 g/mol. The van der Waals surface area contributed by atoms with E-state index < -0.39 is 18.5 Å². The Kier molecular flexibility index (Phi) is 4.59. The molecule has 2 aromatic rings. The van der Waals surface area contributed by atoms with E-state index in [0.717, 1.165) is 4.57 Å². The minimum Gasteiger partial charge on any atom is -0.508 e. The Morgan fingerprint density at radius 3 is 2.45 bits per heavy atom. The van der Waals surface area contributed by atoms with Crippen LogP contribution < -0.4 is 5.56 Å². The predicted octanol–water partition coefficient (Wildman–Crippen LogP) is 4.01. The van der Waals surface area contributed by atoms with Gasteiger partial charge >= 0.3 is 0 Å². The van der Waals surface area contributed by atoms with Crippen molar-refractivity contribution in [3.05, 3.63) is 49.6 Å². The highest BCUT2D eigenvalue weighted by molar-refractivity contribution is 9.10. The summed E-state index contributed by atoms with van der Waals surface area (Å²) in [6, 6.07) is 7.52. The minimum atomic E-state index is -2.64. The largest absolute Gasteiger partial charge is 0.508 e. The quantitative estimate of drug-likeness (QED) is 0.833. The van der Waals surface area contributed by atoms with Crippen molar-refractivity contribution < 1.29 is 13.9 Å². The molecule has 106 valence electrons. The minimum absolute atomic E-state index is 0.0421. The molecule has 1 aromatic carbocycles. The van der Waals surface area contributed by atoms with E-state index >= 15 is 0 Å². The number of nitrogens with zero attached hydrogens (tertiary/aromatic N) is 1. The molecule has 0 unspecified atom stereocenters. The maximum Gasteiger partial charge on any atom is 0.265 e. The number of aromatic hydroxyl groups is 1. The summed E-state index contributed by atoms with van der Waals surface area (Å²) in [5.74, 6) is 0.0421. The first kappa shape index (κ1) is 15.2. The van der Waals surface area contributed by atoms with Gasteiger partial charge in [0.1, 0.15) is 5.75 Å². The zero-order valence-corrected chi connectivity index (χ0v) is 13.2. The van der Waals surface area contributed by atoms with E-state index in [1.54, 1.807) is 12.1 Å². The molecule has 0 spiro atoms. The molecule has 7 heteroatoms. The average molecular weight is 409 g/mol. The summed E-state index contributed by atoms with van der Waals surface area (Å²) in [6.07, 6.45) is -2.64. The summed E-state index contributed by atoms with van der Waals surface area (Å²) < 4.78 is 27.1. The van der Waals surface area contributed by atoms with Gasteiger partial charge in [-0.3, -0.25) is 4.79 Å². The van der Waals surface area contributed by atoms with Crippen molar-refractivity contribution in [2.75, 3.05) is 0 Å². The summed E-state index contributed by atoms with van der Waals surface area (Å²) in [5, 5.41) is 9.37. The second-order valence-corrected chi connectivity index (χ2v) is 5.75. The normalized spacial score (nSPS) is 11.1. The molecule has 1 heterocycles. The van der Waals surface area contributed by atoms with Crippen LogP contribution in [0.5, 0.6) is 5.75 Å². The molecule has 0 saturated heterocycles. The summed E-state index contributed by atoms with van der Waals surface area (Å²) in [7, 11) is 0. The number of aromatic nitrogens is 1. The van der Waals surface area contributed by atoms with Crippen LogP contribution in [-0.2, 0) is 6.54 Å². The van der Waals surface area contributed by atoms with E-state index in [4.69, 9.17) is 0 Å². The van der Waals surface area contributed by atoms with Crippen molar-refractivity contribution in [2.45, 2.75) is 13.0 Å². The van der Waals surface area contributed by atoms with Gasteiger partial charge in [0.05, 0.1) is 16.7 Å². The van der Waals surface area contributed by atoms with Gasteiger partial charge in [-0.25, -0.2) is 8.78 Å². The van der Waals surface area contributed by atoms with E-state index in [0.29, 0.717) is 15.7 Å². The van der Waals surface area contributed by atoms with Crippen molar-refractivity contribution >= 4 is 31.9 Å². The van der Waals surface area contributed by atoms with Crippen molar-refractivity contribution in [1.29, 1.82) is 0 Å². The first-order valence-electron chi connectivity index (χ1n) is 5.56. The first-order chi connectivity index (χ1) is 9.40. The molecule has 0 saturated carbocycles. The number of phenolic OH excluding ortho intramolecular Hbond substituents is 1. The Balaban J connectivity index is 2.67. The smallest absolute Gasteiger partial charge is 0.265 e. The number of rotatable bonds is 3. The van der Waals surface area contributed by atoms with Crippen LogP contribution in [0, 0.1) is 0 Å². The highest BCUT2D eigenvalue weighted by Gasteiger charge is 2.15. The topological polar surface area (TPSA) is 42.2 Å². The Morgan fingerprint density at radius 1 is 1.15 bits per heavy atom. The van der Waals surface area contributed by atoms with Crippen LogP contribution in [-0.4, -0.2) is 16.1 Å². The molecule has 0 aliphatic rings. The van der Waals surface area contributed by atoms with Crippen LogP contribution in [0.4, 0.5) is 8.78 Å². The van der Waals surface area contributed by atoms with Crippen LogP contribution in [0.3, 0.4) is 0 Å². The van der Waals surface area contributed by atoms with Crippen LogP contribution in [0.1, 0.15) is 0 Å². The van der Waals surface area contributed by atoms with Crippen molar-refractivity contribution in [3.8, 4) is 17.0 Å². The fourth-order valence-electron chi connectivity index (χ4n) is 1.82. The SMILES string of the molecule is O=c1c(Br)ccc(-c2ccc(O)cc2Br)n1CC(F)F. The van der Waals surface area contributed by atoms with E-state index in [1.165, 1.54) is 18.2 Å². The van der Waals surface area contributed by atoms with Gasteiger partial charge in [0.2, 0.25) is 0 Å². The second kappa shape index (κ2) is 6.05. The highest BCUT2D eigenvalue weighted by Crippen LogP contribution is 2.31. The van der Waals surface area contributed by atoms with Crippen LogP contribution in [0.2, 0.25) is 0 Å². The van der Waals surface area contributed by atoms with Crippen LogP contribution in [0.25, 0.3) is 11.3 Å². The number of hydrogen-bond donors (Lipinski definition) is 1. The van der Waals surface area contributed by atoms with E-state index in [1.807, 2.05) is 0 Å². The van der Waals surface area contributed by atoms with Gasteiger partial charge < -0.3 is 9.67 Å². The number of hydrogen-bond acceptors (Lipinski definition) is 2. The van der Waals surface area contributed by atoms with Gasteiger partial charge in [-0.2, -0.15) is 0 Å².